The highest BCUT2D eigenvalue weighted by Gasteiger charge is 2.20. The van der Waals surface area contributed by atoms with E-state index in [4.69, 9.17) is 10.5 Å². The van der Waals surface area contributed by atoms with Gasteiger partial charge in [0.1, 0.15) is 11.6 Å². The molecule has 1 aromatic carbocycles. The predicted molar refractivity (Wildman–Crippen MR) is 69.0 cm³/mol. The zero-order valence-electron chi connectivity index (χ0n) is 10.4. The van der Waals surface area contributed by atoms with E-state index < -0.39 is 0 Å². The van der Waals surface area contributed by atoms with Gasteiger partial charge < -0.3 is 10.5 Å². The van der Waals surface area contributed by atoms with Crippen LogP contribution in [0.3, 0.4) is 0 Å². The van der Waals surface area contributed by atoms with Crippen LogP contribution < -0.4 is 10.5 Å². The lowest BCUT2D eigenvalue weighted by atomic mass is 10.0. The van der Waals surface area contributed by atoms with E-state index in [9.17, 15) is 0 Å². The van der Waals surface area contributed by atoms with E-state index in [1.165, 1.54) is 5.56 Å². The largest absolute Gasteiger partial charge is 0.494 e. The second-order valence-electron chi connectivity index (χ2n) is 4.45. The summed E-state index contributed by atoms with van der Waals surface area (Å²) >= 11 is 0. The number of ether oxygens (including phenoxy) is 1. The number of fused-ring (bicyclic) bond motifs is 3. The molecule has 2 heterocycles. The first-order valence-electron chi connectivity index (χ1n) is 6.25. The van der Waals surface area contributed by atoms with Crippen molar-refractivity contribution in [3.05, 3.63) is 29.6 Å². The predicted octanol–water partition coefficient (Wildman–Crippen LogP) is 1.74. The molecule has 0 bridgehead atoms. The van der Waals surface area contributed by atoms with Crippen LogP contribution in [-0.2, 0) is 12.8 Å². The molecule has 1 aliphatic heterocycles. The van der Waals surface area contributed by atoms with Crippen molar-refractivity contribution in [1.29, 1.82) is 0 Å². The Bertz CT molecular complexity index is 576. The van der Waals surface area contributed by atoms with Crippen molar-refractivity contribution in [3.63, 3.8) is 0 Å². The molecule has 0 radical (unpaired) electrons. The van der Waals surface area contributed by atoms with Gasteiger partial charge >= 0.3 is 0 Å². The maximum Gasteiger partial charge on any atom is 0.226 e. The lowest BCUT2D eigenvalue weighted by molar-refractivity contribution is 0.317. The Kier molecular flexibility index (Phi) is 2.66. The number of aryl methyl sites for hydroxylation is 2. The lowest BCUT2D eigenvalue weighted by Crippen LogP contribution is -2.14. The molecule has 0 atom stereocenters. The SMILES string of the molecule is CCCOc1ccc2c(c1)CCc1nnc(N)n1-2. The van der Waals surface area contributed by atoms with Gasteiger partial charge in [-0.15, -0.1) is 10.2 Å². The third-order valence-electron chi connectivity index (χ3n) is 3.14. The van der Waals surface area contributed by atoms with Crippen LogP contribution in [0.15, 0.2) is 18.2 Å². The average Bonchev–Trinajstić information content (AvgIpc) is 2.78. The summed E-state index contributed by atoms with van der Waals surface area (Å²) in [7, 11) is 0. The molecule has 94 valence electrons. The second kappa shape index (κ2) is 4.33. The van der Waals surface area contributed by atoms with Crippen LogP contribution in [0.25, 0.3) is 5.69 Å². The van der Waals surface area contributed by atoms with E-state index in [0.29, 0.717) is 5.95 Å². The van der Waals surface area contributed by atoms with Gasteiger partial charge in [0.25, 0.3) is 0 Å². The summed E-state index contributed by atoms with van der Waals surface area (Å²) in [6.45, 7) is 2.85. The summed E-state index contributed by atoms with van der Waals surface area (Å²) in [5.41, 5.74) is 8.16. The molecule has 5 nitrogen and oxygen atoms in total. The fourth-order valence-corrected chi connectivity index (χ4v) is 2.29. The lowest BCUT2D eigenvalue weighted by Gasteiger charge is -2.19. The van der Waals surface area contributed by atoms with Gasteiger partial charge in [0.15, 0.2) is 0 Å². The fourth-order valence-electron chi connectivity index (χ4n) is 2.29. The zero-order valence-corrected chi connectivity index (χ0v) is 10.4. The molecular formula is C13H16N4O. The van der Waals surface area contributed by atoms with E-state index in [2.05, 4.69) is 23.2 Å². The van der Waals surface area contributed by atoms with Gasteiger partial charge in [-0.2, -0.15) is 0 Å². The number of nitrogens with zero attached hydrogens (tertiary/aromatic N) is 3. The average molecular weight is 244 g/mol. The van der Waals surface area contributed by atoms with Crippen LogP contribution >= 0.6 is 0 Å². The molecule has 18 heavy (non-hydrogen) atoms. The topological polar surface area (TPSA) is 66.0 Å². The maximum absolute atomic E-state index is 5.85. The molecule has 3 rings (SSSR count). The fraction of sp³-hybridized carbons (Fsp3) is 0.385. The molecule has 0 spiro atoms. The molecule has 0 fully saturated rings. The van der Waals surface area contributed by atoms with Crippen LogP contribution in [0.5, 0.6) is 5.75 Å². The number of nitrogen functional groups attached to an aromatic ring is 1. The third kappa shape index (κ3) is 1.72. The van der Waals surface area contributed by atoms with Crippen LogP contribution in [0.1, 0.15) is 24.7 Å². The summed E-state index contributed by atoms with van der Waals surface area (Å²) in [5, 5.41) is 8.01. The minimum atomic E-state index is 0.452. The zero-order chi connectivity index (χ0) is 12.5. The summed E-state index contributed by atoms with van der Waals surface area (Å²) in [5.74, 6) is 2.31. The van der Waals surface area contributed by atoms with E-state index >= 15 is 0 Å². The molecule has 1 aliphatic rings. The number of aromatic nitrogens is 3. The number of anilines is 1. The van der Waals surface area contributed by atoms with Gasteiger partial charge in [-0.3, -0.25) is 4.57 Å². The quantitative estimate of drug-likeness (QED) is 0.893. The number of hydrogen-bond donors (Lipinski definition) is 1. The Hall–Kier alpha value is -2.04. The van der Waals surface area contributed by atoms with Gasteiger partial charge in [-0.1, -0.05) is 6.92 Å². The molecule has 2 aromatic rings. The molecule has 1 aromatic heterocycles. The number of benzene rings is 1. The van der Waals surface area contributed by atoms with Gasteiger partial charge in [-0.05, 0) is 36.6 Å². The van der Waals surface area contributed by atoms with Crippen LogP contribution in [-0.4, -0.2) is 21.4 Å². The van der Waals surface area contributed by atoms with Crippen LogP contribution in [0.2, 0.25) is 0 Å². The van der Waals surface area contributed by atoms with E-state index in [1.54, 1.807) is 0 Å². The summed E-state index contributed by atoms with van der Waals surface area (Å²) in [6, 6.07) is 6.10. The van der Waals surface area contributed by atoms with Crippen molar-refractivity contribution in [1.82, 2.24) is 14.8 Å². The molecule has 0 amide bonds. The number of rotatable bonds is 3. The molecule has 0 saturated heterocycles. The summed E-state index contributed by atoms with van der Waals surface area (Å²) in [6.07, 6.45) is 2.84. The van der Waals surface area contributed by atoms with Crippen LogP contribution in [0, 0.1) is 0 Å². The van der Waals surface area contributed by atoms with Gasteiger partial charge in [0.05, 0.1) is 12.3 Å². The number of hydrogen-bond acceptors (Lipinski definition) is 4. The highest BCUT2D eigenvalue weighted by Crippen LogP contribution is 2.29. The number of nitrogens with two attached hydrogens (primary N) is 1. The first-order valence-corrected chi connectivity index (χ1v) is 6.25. The minimum Gasteiger partial charge on any atom is -0.494 e. The minimum absolute atomic E-state index is 0.452. The van der Waals surface area contributed by atoms with Crippen molar-refractivity contribution < 1.29 is 4.74 Å². The summed E-state index contributed by atoms with van der Waals surface area (Å²) < 4.78 is 7.57. The molecule has 5 heteroatoms. The molecular weight excluding hydrogens is 228 g/mol. The Morgan fingerprint density at radius 3 is 3.06 bits per heavy atom. The Morgan fingerprint density at radius 1 is 1.33 bits per heavy atom. The standard InChI is InChI=1S/C13H16N4O/c1-2-7-18-10-4-5-11-9(8-10)3-6-12-15-16-13(14)17(11)12/h4-5,8H,2-3,6-7H2,1H3,(H2,14,16). The van der Waals surface area contributed by atoms with E-state index in [1.807, 2.05) is 16.7 Å². The molecule has 0 aliphatic carbocycles. The normalized spacial score (nSPS) is 12.9. The third-order valence-corrected chi connectivity index (χ3v) is 3.14. The highest BCUT2D eigenvalue weighted by atomic mass is 16.5. The molecule has 0 saturated carbocycles. The van der Waals surface area contributed by atoms with Crippen LogP contribution in [0.4, 0.5) is 5.95 Å². The van der Waals surface area contributed by atoms with Gasteiger partial charge in [0, 0.05) is 6.42 Å². The maximum atomic E-state index is 5.85. The van der Waals surface area contributed by atoms with Gasteiger partial charge in [-0.25, -0.2) is 0 Å². The second-order valence-corrected chi connectivity index (χ2v) is 4.45. The first-order chi connectivity index (χ1) is 8.79. The van der Waals surface area contributed by atoms with Crippen molar-refractivity contribution >= 4 is 5.95 Å². The Labute approximate surface area is 106 Å². The molecule has 0 unspecified atom stereocenters. The van der Waals surface area contributed by atoms with Gasteiger partial charge in [0.2, 0.25) is 5.95 Å². The van der Waals surface area contributed by atoms with Crippen molar-refractivity contribution in [2.75, 3.05) is 12.3 Å². The van der Waals surface area contributed by atoms with E-state index in [0.717, 1.165) is 43.1 Å². The summed E-state index contributed by atoms with van der Waals surface area (Å²) in [4.78, 5) is 0. The smallest absolute Gasteiger partial charge is 0.226 e. The Balaban J connectivity index is 2.00. The Morgan fingerprint density at radius 2 is 2.22 bits per heavy atom. The van der Waals surface area contributed by atoms with Crippen molar-refractivity contribution in [2.45, 2.75) is 26.2 Å². The highest BCUT2D eigenvalue weighted by molar-refractivity contribution is 5.51. The van der Waals surface area contributed by atoms with Crippen molar-refractivity contribution in [3.8, 4) is 11.4 Å². The first kappa shape index (κ1) is 11.1. The van der Waals surface area contributed by atoms with Crippen molar-refractivity contribution in [2.24, 2.45) is 0 Å². The monoisotopic (exact) mass is 244 g/mol. The van der Waals surface area contributed by atoms with E-state index in [-0.39, 0.29) is 0 Å². The molecule has 2 N–H and O–H groups in total.